The van der Waals surface area contributed by atoms with Crippen LogP contribution in [-0.4, -0.2) is 28.6 Å². The van der Waals surface area contributed by atoms with Crippen LogP contribution in [-0.2, 0) is 0 Å². The van der Waals surface area contributed by atoms with Gasteiger partial charge in [-0.2, -0.15) is 0 Å². The number of aliphatic hydroxyl groups is 1. The standard InChI is InChI=1S/C17H27NO/c1-13-10-14(2)12-15(11-13)16(19)17(3,4)18-8-6-5-7-9-18/h10-12,16,19H,5-9H2,1-4H3. The predicted molar refractivity (Wildman–Crippen MR) is 80.4 cm³/mol. The molecule has 1 N–H and O–H groups in total. The highest BCUT2D eigenvalue weighted by Crippen LogP contribution is 2.33. The molecule has 1 aliphatic rings. The molecule has 2 nitrogen and oxygen atoms in total. The zero-order valence-electron chi connectivity index (χ0n) is 12.7. The van der Waals surface area contributed by atoms with Gasteiger partial charge in [-0.3, -0.25) is 4.90 Å². The van der Waals surface area contributed by atoms with Gasteiger partial charge < -0.3 is 5.11 Å². The summed E-state index contributed by atoms with van der Waals surface area (Å²) in [6.07, 6.45) is 3.40. The van der Waals surface area contributed by atoms with Gasteiger partial charge in [0.25, 0.3) is 0 Å². The van der Waals surface area contributed by atoms with Crippen molar-refractivity contribution in [1.29, 1.82) is 0 Å². The van der Waals surface area contributed by atoms with Gasteiger partial charge in [-0.1, -0.05) is 35.7 Å². The molecule has 19 heavy (non-hydrogen) atoms. The van der Waals surface area contributed by atoms with Gasteiger partial charge in [0.1, 0.15) is 0 Å². The third-order valence-electron chi connectivity index (χ3n) is 4.40. The molecule has 1 aliphatic heterocycles. The van der Waals surface area contributed by atoms with Gasteiger partial charge in [0.15, 0.2) is 0 Å². The lowest BCUT2D eigenvalue weighted by Gasteiger charge is -2.44. The van der Waals surface area contributed by atoms with E-state index < -0.39 is 6.10 Å². The van der Waals surface area contributed by atoms with Crippen molar-refractivity contribution >= 4 is 0 Å². The molecule has 0 saturated carbocycles. The Kier molecular flexibility index (Phi) is 4.32. The summed E-state index contributed by atoms with van der Waals surface area (Å²) in [7, 11) is 0. The first-order valence-corrected chi connectivity index (χ1v) is 7.42. The van der Waals surface area contributed by atoms with E-state index in [1.807, 2.05) is 0 Å². The summed E-state index contributed by atoms with van der Waals surface area (Å²) in [5, 5.41) is 10.8. The number of aryl methyl sites for hydroxylation is 2. The van der Waals surface area contributed by atoms with Gasteiger partial charge in [-0.15, -0.1) is 0 Å². The fraction of sp³-hybridized carbons (Fsp3) is 0.647. The van der Waals surface area contributed by atoms with Gasteiger partial charge in [0, 0.05) is 5.54 Å². The topological polar surface area (TPSA) is 23.5 Å². The van der Waals surface area contributed by atoms with Crippen LogP contribution in [0.4, 0.5) is 0 Å². The van der Waals surface area contributed by atoms with Crippen molar-refractivity contribution in [3.63, 3.8) is 0 Å². The number of hydrogen-bond acceptors (Lipinski definition) is 2. The van der Waals surface area contributed by atoms with E-state index >= 15 is 0 Å². The molecule has 1 aromatic rings. The lowest BCUT2D eigenvalue weighted by Crippen LogP contribution is -2.50. The third kappa shape index (κ3) is 3.18. The van der Waals surface area contributed by atoms with E-state index in [1.165, 1.54) is 30.4 Å². The minimum absolute atomic E-state index is 0.194. The average Bonchev–Trinajstić information content (AvgIpc) is 2.37. The molecule has 2 rings (SSSR count). The van der Waals surface area contributed by atoms with Gasteiger partial charge in [0.05, 0.1) is 6.10 Å². The first kappa shape index (κ1) is 14.5. The molecular formula is C17H27NO. The SMILES string of the molecule is Cc1cc(C)cc(C(O)C(C)(C)N2CCCCC2)c1. The zero-order chi connectivity index (χ0) is 14.0. The number of piperidine rings is 1. The number of aliphatic hydroxyl groups excluding tert-OH is 1. The van der Waals surface area contributed by atoms with Crippen LogP contribution in [0, 0.1) is 13.8 Å². The molecule has 0 aromatic heterocycles. The molecular weight excluding hydrogens is 234 g/mol. The van der Waals surface area contributed by atoms with Crippen molar-refractivity contribution in [2.75, 3.05) is 13.1 Å². The molecule has 1 aromatic carbocycles. The first-order valence-electron chi connectivity index (χ1n) is 7.42. The van der Waals surface area contributed by atoms with Crippen LogP contribution >= 0.6 is 0 Å². The lowest BCUT2D eigenvalue weighted by molar-refractivity contribution is -0.0209. The molecule has 0 aliphatic carbocycles. The minimum atomic E-state index is -0.427. The van der Waals surface area contributed by atoms with E-state index in [-0.39, 0.29) is 5.54 Å². The van der Waals surface area contributed by atoms with Crippen molar-refractivity contribution in [2.24, 2.45) is 0 Å². The predicted octanol–water partition coefficient (Wildman–Crippen LogP) is 3.60. The Morgan fingerprint density at radius 1 is 1.00 bits per heavy atom. The number of benzene rings is 1. The van der Waals surface area contributed by atoms with E-state index in [9.17, 15) is 5.11 Å². The maximum Gasteiger partial charge on any atom is 0.0968 e. The lowest BCUT2D eigenvalue weighted by atomic mass is 9.87. The van der Waals surface area contributed by atoms with Crippen molar-refractivity contribution in [1.82, 2.24) is 4.90 Å². The van der Waals surface area contributed by atoms with E-state index in [0.717, 1.165) is 18.7 Å². The molecule has 1 saturated heterocycles. The summed E-state index contributed by atoms with van der Waals surface area (Å²) in [5.41, 5.74) is 3.31. The van der Waals surface area contributed by atoms with Gasteiger partial charge in [0.2, 0.25) is 0 Å². The van der Waals surface area contributed by atoms with Crippen LogP contribution in [0.3, 0.4) is 0 Å². The van der Waals surface area contributed by atoms with E-state index in [1.54, 1.807) is 0 Å². The van der Waals surface area contributed by atoms with Crippen LogP contribution in [0.2, 0.25) is 0 Å². The van der Waals surface area contributed by atoms with E-state index in [4.69, 9.17) is 0 Å². The van der Waals surface area contributed by atoms with Crippen molar-refractivity contribution in [3.05, 3.63) is 34.9 Å². The second-order valence-electron chi connectivity index (χ2n) is 6.52. The fourth-order valence-electron chi connectivity index (χ4n) is 3.22. The molecule has 2 heteroatoms. The van der Waals surface area contributed by atoms with Crippen LogP contribution in [0.15, 0.2) is 18.2 Å². The maximum absolute atomic E-state index is 10.8. The molecule has 1 atom stereocenters. The average molecular weight is 261 g/mol. The van der Waals surface area contributed by atoms with Crippen molar-refractivity contribution in [2.45, 2.75) is 58.6 Å². The highest BCUT2D eigenvalue weighted by atomic mass is 16.3. The molecule has 0 bridgehead atoms. The normalized spacial score (nSPS) is 19.4. The Bertz CT molecular complexity index is 413. The number of hydrogen-bond donors (Lipinski definition) is 1. The van der Waals surface area contributed by atoms with Crippen LogP contribution in [0.5, 0.6) is 0 Å². The smallest absolute Gasteiger partial charge is 0.0968 e. The quantitative estimate of drug-likeness (QED) is 0.898. The van der Waals surface area contributed by atoms with Gasteiger partial charge >= 0.3 is 0 Å². The largest absolute Gasteiger partial charge is 0.386 e. The summed E-state index contributed by atoms with van der Waals surface area (Å²) < 4.78 is 0. The Balaban J connectivity index is 2.22. The van der Waals surface area contributed by atoms with Crippen LogP contribution in [0.1, 0.15) is 55.9 Å². The van der Waals surface area contributed by atoms with Gasteiger partial charge in [-0.05, 0) is 59.2 Å². The monoisotopic (exact) mass is 261 g/mol. The number of nitrogens with zero attached hydrogens (tertiary/aromatic N) is 1. The highest BCUT2D eigenvalue weighted by Gasteiger charge is 2.35. The number of likely N-dealkylation sites (tertiary alicyclic amines) is 1. The first-order chi connectivity index (χ1) is 8.91. The van der Waals surface area contributed by atoms with Crippen LogP contribution < -0.4 is 0 Å². The van der Waals surface area contributed by atoms with Crippen molar-refractivity contribution in [3.8, 4) is 0 Å². The Labute approximate surface area is 117 Å². The number of rotatable bonds is 3. The molecule has 1 fully saturated rings. The molecule has 0 spiro atoms. The maximum atomic E-state index is 10.8. The highest BCUT2D eigenvalue weighted by molar-refractivity contribution is 5.31. The summed E-state index contributed by atoms with van der Waals surface area (Å²) in [4.78, 5) is 2.44. The molecule has 1 unspecified atom stereocenters. The molecule has 0 amide bonds. The second-order valence-corrected chi connectivity index (χ2v) is 6.52. The van der Waals surface area contributed by atoms with Crippen molar-refractivity contribution < 1.29 is 5.11 Å². The van der Waals surface area contributed by atoms with E-state index in [2.05, 4.69) is 50.8 Å². The summed E-state index contributed by atoms with van der Waals surface area (Å²) >= 11 is 0. The summed E-state index contributed by atoms with van der Waals surface area (Å²) in [6.45, 7) is 10.7. The minimum Gasteiger partial charge on any atom is -0.386 e. The Morgan fingerprint density at radius 3 is 2.05 bits per heavy atom. The molecule has 106 valence electrons. The Hall–Kier alpha value is -0.860. The molecule has 0 radical (unpaired) electrons. The zero-order valence-corrected chi connectivity index (χ0v) is 12.7. The summed E-state index contributed by atoms with van der Waals surface area (Å²) in [6, 6.07) is 6.39. The second kappa shape index (κ2) is 5.64. The van der Waals surface area contributed by atoms with Crippen LogP contribution in [0.25, 0.3) is 0 Å². The molecule has 1 heterocycles. The summed E-state index contributed by atoms with van der Waals surface area (Å²) in [5.74, 6) is 0. The fourth-order valence-corrected chi connectivity index (χ4v) is 3.22. The van der Waals surface area contributed by atoms with E-state index in [0.29, 0.717) is 0 Å². The van der Waals surface area contributed by atoms with Gasteiger partial charge in [-0.25, -0.2) is 0 Å². The third-order valence-corrected chi connectivity index (χ3v) is 4.40. The Morgan fingerprint density at radius 2 is 1.53 bits per heavy atom.